The van der Waals surface area contributed by atoms with Gasteiger partial charge in [-0.3, -0.25) is 9.69 Å². The number of furan rings is 1. The molecule has 0 N–H and O–H groups in total. The first kappa shape index (κ1) is 21.0. The molecule has 6 nitrogen and oxygen atoms in total. The highest BCUT2D eigenvalue weighted by Gasteiger charge is 2.28. The quantitative estimate of drug-likeness (QED) is 0.612. The van der Waals surface area contributed by atoms with Gasteiger partial charge in [0.25, 0.3) is 5.91 Å². The summed E-state index contributed by atoms with van der Waals surface area (Å²) in [6.07, 6.45) is 2.24. The van der Waals surface area contributed by atoms with Crippen LogP contribution in [-0.4, -0.2) is 53.6 Å². The average Bonchev–Trinajstić information content (AvgIpc) is 3.36. The molecule has 0 unspecified atom stereocenters. The van der Waals surface area contributed by atoms with Crippen LogP contribution in [0.25, 0.3) is 17.4 Å². The minimum Gasteiger partial charge on any atom is -0.457 e. The molecule has 1 fully saturated rings. The van der Waals surface area contributed by atoms with E-state index in [1.165, 1.54) is 11.8 Å². The van der Waals surface area contributed by atoms with E-state index >= 15 is 0 Å². The number of hydrogen-bond acceptors (Lipinski definition) is 6. The van der Waals surface area contributed by atoms with E-state index in [9.17, 15) is 4.79 Å². The Balaban J connectivity index is 1.42. The van der Waals surface area contributed by atoms with E-state index in [1.54, 1.807) is 36.4 Å². The molecule has 0 aliphatic carbocycles. The molecular formula is C21H18Cl2N4O2S. The first-order chi connectivity index (χ1) is 14.5. The molecule has 0 radical (unpaired) electrons. The van der Waals surface area contributed by atoms with Crippen LogP contribution in [-0.2, 0) is 4.79 Å². The highest BCUT2D eigenvalue weighted by molar-refractivity contribution is 8.18. The summed E-state index contributed by atoms with van der Waals surface area (Å²) in [7, 11) is 0. The van der Waals surface area contributed by atoms with Gasteiger partial charge in [0.1, 0.15) is 11.5 Å². The minimum absolute atomic E-state index is 0.263. The normalized spacial score (nSPS) is 18.7. The maximum absolute atomic E-state index is 12.4. The SMILES string of the molecule is N#CCCN1CCN(C2=NC(=O)/C(=C\c3ccc(-c4cc(Cl)ccc4Cl)o3)S2)CC1. The molecule has 2 aliphatic heterocycles. The summed E-state index contributed by atoms with van der Waals surface area (Å²) in [6, 6.07) is 10.9. The van der Waals surface area contributed by atoms with Crippen LogP contribution in [0.2, 0.25) is 10.0 Å². The first-order valence-corrected chi connectivity index (χ1v) is 11.0. The van der Waals surface area contributed by atoms with Gasteiger partial charge >= 0.3 is 0 Å². The average molecular weight is 461 g/mol. The zero-order chi connectivity index (χ0) is 21.1. The minimum atomic E-state index is -0.263. The third kappa shape index (κ3) is 4.73. The zero-order valence-electron chi connectivity index (χ0n) is 16.0. The van der Waals surface area contributed by atoms with E-state index < -0.39 is 0 Å². The van der Waals surface area contributed by atoms with Gasteiger partial charge in [0.05, 0.1) is 16.0 Å². The molecule has 0 atom stereocenters. The predicted octanol–water partition coefficient (Wildman–Crippen LogP) is 4.75. The standard InChI is InChI=1S/C21H18Cl2N4O2S/c22-14-2-4-17(23)16(12-14)18-5-3-15(29-18)13-19-20(28)25-21(30-19)27-10-8-26(9-11-27)7-1-6-24/h2-5,12-13H,1,7-11H2/b19-13+. The molecule has 3 heterocycles. The zero-order valence-corrected chi connectivity index (χ0v) is 18.3. The first-order valence-electron chi connectivity index (χ1n) is 9.45. The monoisotopic (exact) mass is 460 g/mol. The highest BCUT2D eigenvalue weighted by Crippen LogP contribution is 2.34. The molecule has 1 amide bonds. The summed E-state index contributed by atoms with van der Waals surface area (Å²) in [4.78, 5) is 21.5. The maximum Gasteiger partial charge on any atom is 0.286 e. The molecule has 0 bridgehead atoms. The molecule has 1 aromatic heterocycles. The van der Waals surface area contributed by atoms with Crippen LogP contribution in [0.15, 0.2) is 44.6 Å². The van der Waals surface area contributed by atoms with Crippen molar-refractivity contribution in [2.45, 2.75) is 6.42 Å². The Hall–Kier alpha value is -2.24. The Bertz CT molecular complexity index is 1070. The number of nitriles is 1. The molecule has 4 rings (SSSR count). The van der Waals surface area contributed by atoms with Crippen LogP contribution >= 0.6 is 35.0 Å². The van der Waals surface area contributed by atoms with Crippen molar-refractivity contribution in [2.75, 3.05) is 32.7 Å². The molecule has 30 heavy (non-hydrogen) atoms. The molecule has 0 saturated carbocycles. The molecule has 2 aliphatic rings. The number of thioether (sulfide) groups is 1. The number of rotatable bonds is 4. The van der Waals surface area contributed by atoms with Crippen LogP contribution in [0, 0.1) is 11.3 Å². The summed E-state index contributed by atoms with van der Waals surface area (Å²) < 4.78 is 5.87. The summed E-state index contributed by atoms with van der Waals surface area (Å²) in [6.45, 7) is 4.07. The van der Waals surface area contributed by atoms with E-state index in [2.05, 4.69) is 20.9 Å². The molecule has 1 aromatic carbocycles. The summed E-state index contributed by atoms with van der Waals surface area (Å²) in [5.74, 6) is 0.870. The van der Waals surface area contributed by atoms with Gasteiger partial charge in [-0.2, -0.15) is 10.3 Å². The fourth-order valence-electron chi connectivity index (χ4n) is 3.29. The van der Waals surface area contributed by atoms with Crippen molar-refractivity contribution in [1.82, 2.24) is 9.80 Å². The van der Waals surface area contributed by atoms with Gasteiger partial charge < -0.3 is 9.32 Å². The summed E-state index contributed by atoms with van der Waals surface area (Å²) in [5.41, 5.74) is 0.699. The topological polar surface area (TPSA) is 72.8 Å². The Kier molecular flexibility index (Phi) is 6.49. The van der Waals surface area contributed by atoms with E-state index in [1.807, 2.05) is 0 Å². The lowest BCUT2D eigenvalue weighted by atomic mass is 10.2. The van der Waals surface area contributed by atoms with Crippen molar-refractivity contribution >= 4 is 52.1 Å². The number of carbonyl (C=O) groups excluding carboxylic acids is 1. The Labute approximate surface area is 188 Å². The van der Waals surface area contributed by atoms with Gasteiger partial charge in [0.2, 0.25) is 0 Å². The van der Waals surface area contributed by atoms with Crippen LogP contribution in [0.1, 0.15) is 12.2 Å². The van der Waals surface area contributed by atoms with E-state index in [4.69, 9.17) is 32.9 Å². The molecule has 9 heteroatoms. The molecule has 154 valence electrons. The Morgan fingerprint density at radius 3 is 2.77 bits per heavy atom. The van der Waals surface area contributed by atoms with Crippen molar-refractivity contribution in [3.8, 4) is 17.4 Å². The molecule has 0 spiro atoms. The number of carbonyl (C=O) groups is 1. The maximum atomic E-state index is 12.4. The van der Waals surface area contributed by atoms with Gasteiger partial charge in [-0.1, -0.05) is 23.2 Å². The van der Waals surface area contributed by atoms with Crippen LogP contribution in [0.4, 0.5) is 0 Å². The second-order valence-electron chi connectivity index (χ2n) is 6.87. The number of amidine groups is 1. The largest absolute Gasteiger partial charge is 0.457 e. The van der Waals surface area contributed by atoms with Crippen LogP contribution in [0.5, 0.6) is 0 Å². The lowest BCUT2D eigenvalue weighted by Crippen LogP contribution is -2.47. The molecule has 2 aromatic rings. The number of amides is 1. The van der Waals surface area contributed by atoms with Gasteiger partial charge in [-0.25, -0.2) is 0 Å². The number of piperazine rings is 1. The van der Waals surface area contributed by atoms with Crippen molar-refractivity contribution in [1.29, 1.82) is 5.26 Å². The number of benzene rings is 1. The highest BCUT2D eigenvalue weighted by atomic mass is 35.5. The number of halogens is 2. The van der Waals surface area contributed by atoms with Crippen molar-refractivity contribution in [3.05, 3.63) is 51.0 Å². The third-order valence-corrected chi connectivity index (χ3v) is 6.49. The molecule has 1 saturated heterocycles. The van der Waals surface area contributed by atoms with Gasteiger partial charge in [-0.15, -0.1) is 0 Å². The fourth-order valence-corrected chi connectivity index (χ4v) is 4.62. The number of hydrogen-bond donors (Lipinski definition) is 0. The second kappa shape index (κ2) is 9.27. The fraction of sp³-hybridized carbons (Fsp3) is 0.286. The third-order valence-electron chi connectivity index (χ3n) is 4.89. The van der Waals surface area contributed by atoms with E-state index in [-0.39, 0.29) is 5.91 Å². The summed E-state index contributed by atoms with van der Waals surface area (Å²) >= 11 is 13.7. The lowest BCUT2D eigenvalue weighted by molar-refractivity contribution is -0.113. The van der Waals surface area contributed by atoms with Crippen LogP contribution < -0.4 is 0 Å². The Morgan fingerprint density at radius 2 is 2.00 bits per heavy atom. The lowest BCUT2D eigenvalue weighted by Gasteiger charge is -2.34. The molecular weight excluding hydrogens is 443 g/mol. The second-order valence-corrected chi connectivity index (χ2v) is 8.73. The van der Waals surface area contributed by atoms with Crippen molar-refractivity contribution < 1.29 is 9.21 Å². The van der Waals surface area contributed by atoms with Crippen LogP contribution in [0.3, 0.4) is 0 Å². The van der Waals surface area contributed by atoms with Gasteiger partial charge in [0, 0.05) is 55.8 Å². The summed E-state index contributed by atoms with van der Waals surface area (Å²) in [5, 5.41) is 10.5. The van der Waals surface area contributed by atoms with Crippen molar-refractivity contribution in [2.24, 2.45) is 4.99 Å². The number of aliphatic imine (C=N–C) groups is 1. The van der Waals surface area contributed by atoms with Gasteiger partial charge in [0.15, 0.2) is 5.17 Å². The Morgan fingerprint density at radius 1 is 1.20 bits per heavy atom. The van der Waals surface area contributed by atoms with E-state index in [0.29, 0.717) is 38.5 Å². The number of nitrogens with zero attached hydrogens (tertiary/aromatic N) is 4. The smallest absolute Gasteiger partial charge is 0.286 e. The predicted molar refractivity (Wildman–Crippen MR) is 120 cm³/mol. The van der Waals surface area contributed by atoms with Gasteiger partial charge in [-0.05, 0) is 42.1 Å². The van der Waals surface area contributed by atoms with E-state index in [0.717, 1.165) is 37.9 Å². The van der Waals surface area contributed by atoms with Crippen molar-refractivity contribution in [3.63, 3.8) is 0 Å².